The van der Waals surface area contributed by atoms with Gasteiger partial charge in [-0.2, -0.15) is 0 Å². The van der Waals surface area contributed by atoms with Crippen LogP contribution in [0.2, 0.25) is 0 Å². The van der Waals surface area contributed by atoms with Gasteiger partial charge < -0.3 is 9.47 Å². The quantitative estimate of drug-likeness (QED) is 0.584. The summed E-state index contributed by atoms with van der Waals surface area (Å²) in [6.45, 7) is 0. The highest BCUT2D eigenvalue weighted by atomic mass is 32.2. The number of nitrogens with two attached hydrogens (primary N) is 1. The molecule has 0 bridgehead atoms. The number of ketones is 1. The normalized spacial score (nSPS) is 12.5. The van der Waals surface area contributed by atoms with Crippen molar-refractivity contribution >= 4 is 21.5 Å². The van der Waals surface area contributed by atoms with Crippen LogP contribution in [-0.4, -0.2) is 33.8 Å². The van der Waals surface area contributed by atoms with Gasteiger partial charge in [-0.05, 0) is 30.3 Å². The number of hydrogen-bond donors (Lipinski definition) is 2. The molecule has 1 atom stereocenters. The predicted octanol–water partition coefficient (Wildman–Crippen LogP) is 1.96. The lowest BCUT2D eigenvalue weighted by atomic mass is 10.1. The predicted molar refractivity (Wildman–Crippen MR) is 90.7 cm³/mol. The molecule has 8 heteroatoms. The molecule has 0 aliphatic rings. The standard InChI is InChI=1S/C16H18N2O5S/c1-22-16(17)15(19)11-8-9-13(18-24(2,20)21)14(10-11)23-12-6-4-3-5-7-12/h3-10,16,18H,17H2,1-2H3. The van der Waals surface area contributed by atoms with E-state index in [1.807, 2.05) is 6.07 Å². The number of carbonyl (C=O) groups is 1. The van der Waals surface area contributed by atoms with Gasteiger partial charge in [0.05, 0.1) is 11.9 Å². The van der Waals surface area contributed by atoms with E-state index in [1.165, 1.54) is 25.3 Å². The zero-order valence-corrected chi connectivity index (χ0v) is 14.0. The van der Waals surface area contributed by atoms with E-state index in [4.69, 9.17) is 15.2 Å². The fourth-order valence-electron chi connectivity index (χ4n) is 1.93. The third-order valence-electron chi connectivity index (χ3n) is 3.04. The highest BCUT2D eigenvalue weighted by Gasteiger charge is 2.18. The van der Waals surface area contributed by atoms with Crippen molar-refractivity contribution in [2.75, 3.05) is 18.1 Å². The van der Waals surface area contributed by atoms with Crippen molar-refractivity contribution in [2.24, 2.45) is 5.73 Å². The van der Waals surface area contributed by atoms with Gasteiger partial charge in [0.25, 0.3) is 0 Å². The number of nitrogens with one attached hydrogen (secondary N) is 1. The summed E-state index contributed by atoms with van der Waals surface area (Å²) >= 11 is 0. The molecule has 0 radical (unpaired) electrons. The fourth-order valence-corrected chi connectivity index (χ4v) is 2.50. The van der Waals surface area contributed by atoms with Gasteiger partial charge in [-0.25, -0.2) is 8.42 Å². The van der Waals surface area contributed by atoms with Crippen LogP contribution in [-0.2, 0) is 14.8 Å². The summed E-state index contributed by atoms with van der Waals surface area (Å²) in [5, 5.41) is 0. The maximum Gasteiger partial charge on any atom is 0.229 e. The lowest BCUT2D eigenvalue weighted by Crippen LogP contribution is -2.32. The second kappa shape index (κ2) is 7.43. The summed E-state index contributed by atoms with van der Waals surface area (Å²) in [6.07, 6.45) is -0.0811. The van der Waals surface area contributed by atoms with E-state index in [0.29, 0.717) is 5.75 Å². The molecule has 0 heterocycles. The zero-order valence-electron chi connectivity index (χ0n) is 13.2. The zero-order chi connectivity index (χ0) is 17.7. The van der Waals surface area contributed by atoms with E-state index in [2.05, 4.69) is 4.72 Å². The second-order valence-corrected chi connectivity index (χ2v) is 6.77. The van der Waals surface area contributed by atoms with Gasteiger partial charge in [-0.3, -0.25) is 15.3 Å². The Labute approximate surface area is 140 Å². The third-order valence-corrected chi connectivity index (χ3v) is 3.64. The van der Waals surface area contributed by atoms with Gasteiger partial charge in [-0.1, -0.05) is 18.2 Å². The molecule has 3 N–H and O–H groups in total. The monoisotopic (exact) mass is 350 g/mol. The van der Waals surface area contributed by atoms with Crippen LogP contribution in [0.15, 0.2) is 48.5 Å². The van der Waals surface area contributed by atoms with Crippen molar-refractivity contribution in [1.82, 2.24) is 0 Å². The number of anilines is 1. The maximum absolute atomic E-state index is 12.1. The number of rotatable bonds is 7. The van der Waals surface area contributed by atoms with Crippen LogP contribution in [0, 0.1) is 0 Å². The Morgan fingerprint density at radius 1 is 1.17 bits per heavy atom. The molecular formula is C16H18N2O5S. The first-order valence-corrected chi connectivity index (χ1v) is 8.86. The van der Waals surface area contributed by atoms with Crippen LogP contribution in [0.5, 0.6) is 11.5 Å². The van der Waals surface area contributed by atoms with Crippen LogP contribution in [0.25, 0.3) is 0 Å². The Balaban J connectivity index is 2.43. The van der Waals surface area contributed by atoms with Gasteiger partial charge in [0.2, 0.25) is 15.8 Å². The number of sulfonamides is 1. The molecule has 0 saturated carbocycles. The van der Waals surface area contributed by atoms with E-state index < -0.39 is 22.0 Å². The molecular weight excluding hydrogens is 332 g/mol. The van der Waals surface area contributed by atoms with Crippen LogP contribution in [0.1, 0.15) is 10.4 Å². The Bertz CT molecular complexity index is 822. The summed E-state index contributed by atoms with van der Waals surface area (Å²) in [5.41, 5.74) is 6.02. The molecule has 0 aliphatic carbocycles. The second-order valence-electron chi connectivity index (χ2n) is 5.02. The first-order chi connectivity index (χ1) is 11.3. The average molecular weight is 350 g/mol. The minimum Gasteiger partial charge on any atom is -0.455 e. The van der Waals surface area contributed by atoms with Gasteiger partial charge >= 0.3 is 0 Å². The van der Waals surface area contributed by atoms with Crippen LogP contribution >= 0.6 is 0 Å². The highest BCUT2D eigenvalue weighted by Crippen LogP contribution is 2.31. The number of para-hydroxylation sites is 1. The minimum atomic E-state index is -3.51. The number of hydrogen-bond acceptors (Lipinski definition) is 6. The van der Waals surface area contributed by atoms with E-state index >= 15 is 0 Å². The van der Waals surface area contributed by atoms with Gasteiger partial charge in [-0.15, -0.1) is 0 Å². The largest absolute Gasteiger partial charge is 0.455 e. The topological polar surface area (TPSA) is 108 Å². The van der Waals surface area contributed by atoms with Crippen molar-refractivity contribution in [3.63, 3.8) is 0 Å². The number of benzene rings is 2. The Kier molecular flexibility index (Phi) is 5.55. The maximum atomic E-state index is 12.1. The molecule has 0 aliphatic heterocycles. The lowest BCUT2D eigenvalue weighted by molar-refractivity contribution is 0.0623. The summed E-state index contributed by atoms with van der Waals surface area (Å²) in [6, 6.07) is 13.1. The van der Waals surface area contributed by atoms with Gasteiger partial charge in [0, 0.05) is 12.7 Å². The third kappa shape index (κ3) is 4.79. The molecule has 7 nitrogen and oxygen atoms in total. The van der Waals surface area contributed by atoms with Gasteiger partial charge in [0.15, 0.2) is 12.0 Å². The Morgan fingerprint density at radius 3 is 2.42 bits per heavy atom. The van der Waals surface area contributed by atoms with Crippen molar-refractivity contribution in [3.8, 4) is 11.5 Å². The van der Waals surface area contributed by atoms with Crippen molar-refractivity contribution in [3.05, 3.63) is 54.1 Å². The molecule has 0 fully saturated rings. The first-order valence-electron chi connectivity index (χ1n) is 6.97. The molecule has 0 amide bonds. The smallest absolute Gasteiger partial charge is 0.229 e. The minimum absolute atomic E-state index is 0.181. The fraction of sp³-hybridized carbons (Fsp3) is 0.188. The molecule has 1 unspecified atom stereocenters. The first kappa shape index (κ1) is 17.9. The summed E-state index contributed by atoms with van der Waals surface area (Å²) < 4.78 is 35.9. The summed E-state index contributed by atoms with van der Waals surface area (Å²) in [7, 11) is -2.19. The number of carbonyl (C=O) groups excluding carboxylic acids is 1. The molecule has 0 spiro atoms. The molecule has 0 saturated heterocycles. The molecule has 24 heavy (non-hydrogen) atoms. The highest BCUT2D eigenvalue weighted by molar-refractivity contribution is 7.92. The SMILES string of the molecule is COC(N)C(=O)c1ccc(NS(C)(=O)=O)c(Oc2ccccc2)c1. The molecule has 128 valence electrons. The van der Waals surface area contributed by atoms with Crippen molar-refractivity contribution in [2.45, 2.75) is 6.23 Å². The van der Waals surface area contributed by atoms with E-state index in [1.54, 1.807) is 24.3 Å². The number of ether oxygens (including phenoxy) is 2. The lowest BCUT2D eigenvalue weighted by Gasteiger charge is -2.14. The molecule has 2 rings (SSSR count). The molecule has 2 aromatic carbocycles. The molecule has 0 aromatic heterocycles. The van der Waals surface area contributed by atoms with Crippen LogP contribution in [0.4, 0.5) is 5.69 Å². The summed E-state index contributed by atoms with van der Waals surface area (Å²) in [5.74, 6) is 0.233. The summed E-state index contributed by atoms with van der Waals surface area (Å²) in [4.78, 5) is 12.1. The van der Waals surface area contributed by atoms with Crippen molar-refractivity contribution < 1.29 is 22.7 Å². The van der Waals surface area contributed by atoms with Gasteiger partial charge in [0.1, 0.15) is 5.75 Å². The Hall–Kier alpha value is -2.42. The number of methoxy groups -OCH3 is 1. The van der Waals surface area contributed by atoms with E-state index in [9.17, 15) is 13.2 Å². The Morgan fingerprint density at radius 2 is 1.83 bits per heavy atom. The number of Topliss-reactive ketones (excluding diaryl/α,β-unsaturated/α-hetero) is 1. The average Bonchev–Trinajstić information content (AvgIpc) is 2.54. The van der Waals surface area contributed by atoms with Crippen LogP contribution in [0.3, 0.4) is 0 Å². The van der Waals surface area contributed by atoms with E-state index in [0.717, 1.165) is 6.26 Å². The van der Waals surface area contributed by atoms with Crippen molar-refractivity contribution in [1.29, 1.82) is 0 Å². The van der Waals surface area contributed by atoms with Crippen LogP contribution < -0.4 is 15.2 Å². The molecule has 2 aromatic rings. The van der Waals surface area contributed by atoms with E-state index in [-0.39, 0.29) is 17.0 Å².